The van der Waals surface area contributed by atoms with Crippen molar-refractivity contribution < 1.29 is 13.2 Å². The molecule has 0 spiro atoms. The molecule has 1 aromatic carbocycles. The lowest BCUT2D eigenvalue weighted by molar-refractivity contribution is -0.133. The summed E-state index contributed by atoms with van der Waals surface area (Å²) in [5.41, 5.74) is 0.989. The molecule has 0 unspecified atom stereocenters. The maximum Gasteiger partial charge on any atom is 0.280 e. The molecule has 4 rings (SSSR count). The molecule has 1 aromatic rings. The van der Waals surface area contributed by atoms with E-state index in [1.54, 1.807) is 29.3 Å². The maximum atomic E-state index is 12.7. The van der Waals surface area contributed by atoms with Gasteiger partial charge in [-0.3, -0.25) is 4.79 Å². The van der Waals surface area contributed by atoms with Gasteiger partial charge in [0.25, 0.3) is 10.0 Å². The molecule has 5 nitrogen and oxygen atoms in total. The Morgan fingerprint density at radius 3 is 2.24 bits per heavy atom. The van der Waals surface area contributed by atoms with Gasteiger partial charge in [-0.25, -0.2) is 5.01 Å². The summed E-state index contributed by atoms with van der Waals surface area (Å²) in [5.74, 6) is 0.505. The quantitative estimate of drug-likeness (QED) is 0.798. The molecule has 0 radical (unpaired) electrons. The fourth-order valence-corrected chi connectivity index (χ4v) is 4.64. The Bertz CT molecular complexity index is 619. The standard InChI is InChI=1S/C15H20N2O3S/c1-12-2-8-15(9-3-12)21(19,20)17(11-18)16-10-13-4-6-14(16)7-5-13/h2-3,8-9,11,13-14H,4-7,10H2,1H3. The molecule has 3 fully saturated rings. The first kappa shape index (κ1) is 14.5. The average Bonchev–Trinajstić information content (AvgIpc) is 2.49. The number of nitrogens with zero attached hydrogens (tertiary/aromatic N) is 2. The Labute approximate surface area is 125 Å². The highest BCUT2D eigenvalue weighted by Gasteiger charge is 2.40. The second-order valence-corrected chi connectivity index (χ2v) is 7.79. The van der Waals surface area contributed by atoms with Gasteiger partial charge in [-0.05, 0) is 50.7 Å². The molecule has 114 valence electrons. The Morgan fingerprint density at radius 1 is 1.14 bits per heavy atom. The minimum absolute atomic E-state index is 0.167. The topological polar surface area (TPSA) is 57.7 Å². The van der Waals surface area contributed by atoms with Crippen molar-refractivity contribution in [3.8, 4) is 0 Å². The normalized spacial score (nSPS) is 25.8. The largest absolute Gasteiger partial charge is 0.280 e. The van der Waals surface area contributed by atoms with Crippen LogP contribution in [0.4, 0.5) is 0 Å². The molecule has 3 aliphatic rings. The van der Waals surface area contributed by atoms with Gasteiger partial charge in [0.1, 0.15) is 0 Å². The zero-order valence-corrected chi connectivity index (χ0v) is 12.9. The summed E-state index contributed by atoms with van der Waals surface area (Å²) in [6.07, 6.45) is 4.66. The SMILES string of the molecule is Cc1ccc(S(=O)(=O)N(C=O)N2CC3CCC2CC3)cc1. The molecule has 2 heterocycles. The molecule has 2 aliphatic heterocycles. The Hall–Kier alpha value is -1.40. The Balaban J connectivity index is 1.92. The monoisotopic (exact) mass is 308 g/mol. The van der Waals surface area contributed by atoms with E-state index in [1.165, 1.54) is 0 Å². The number of carbonyl (C=O) groups is 1. The van der Waals surface area contributed by atoms with Crippen LogP contribution in [0.3, 0.4) is 0 Å². The molecule has 1 saturated carbocycles. The highest BCUT2D eigenvalue weighted by Crippen LogP contribution is 2.36. The zero-order chi connectivity index (χ0) is 15.0. The van der Waals surface area contributed by atoms with Crippen molar-refractivity contribution in [2.24, 2.45) is 5.92 Å². The highest BCUT2D eigenvalue weighted by atomic mass is 32.2. The van der Waals surface area contributed by atoms with Crippen LogP contribution >= 0.6 is 0 Å². The van der Waals surface area contributed by atoms with E-state index >= 15 is 0 Å². The lowest BCUT2D eigenvalue weighted by Gasteiger charge is -2.47. The first-order valence-corrected chi connectivity index (χ1v) is 8.79. The molecule has 2 bridgehead atoms. The number of hydrazine groups is 1. The number of amides is 1. The van der Waals surface area contributed by atoms with Gasteiger partial charge in [-0.15, -0.1) is 0 Å². The number of benzene rings is 1. The van der Waals surface area contributed by atoms with Crippen LogP contribution in [0.25, 0.3) is 0 Å². The first-order valence-electron chi connectivity index (χ1n) is 7.35. The number of hydrogen-bond acceptors (Lipinski definition) is 4. The highest BCUT2D eigenvalue weighted by molar-refractivity contribution is 7.89. The van der Waals surface area contributed by atoms with Crippen molar-refractivity contribution in [1.29, 1.82) is 0 Å². The van der Waals surface area contributed by atoms with E-state index in [0.717, 1.165) is 35.7 Å². The number of fused-ring (bicyclic) bond motifs is 3. The number of sulfonamides is 1. The lowest BCUT2D eigenvalue weighted by Crippen LogP contribution is -2.57. The molecule has 6 heteroatoms. The molecule has 0 aromatic heterocycles. The zero-order valence-electron chi connectivity index (χ0n) is 12.1. The Kier molecular flexibility index (Phi) is 3.75. The van der Waals surface area contributed by atoms with Crippen molar-refractivity contribution in [3.63, 3.8) is 0 Å². The summed E-state index contributed by atoms with van der Waals surface area (Å²) in [6, 6.07) is 6.78. The summed E-state index contributed by atoms with van der Waals surface area (Å²) in [6.45, 7) is 2.56. The summed E-state index contributed by atoms with van der Waals surface area (Å²) < 4.78 is 26.3. The van der Waals surface area contributed by atoms with Crippen LogP contribution < -0.4 is 0 Å². The average molecular weight is 308 g/mol. The predicted molar refractivity (Wildman–Crippen MR) is 78.7 cm³/mol. The number of rotatable bonds is 4. The third-order valence-corrected chi connectivity index (χ3v) is 6.25. The van der Waals surface area contributed by atoms with Crippen molar-refractivity contribution in [2.45, 2.75) is 43.5 Å². The van der Waals surface area contributed by atoms with Crippen molar-refractivity contribution in [1.82, 2.24) is 9.42 Å². The second kappa shape index (κ2) is 5.42. The second-order valence-electron chi connectivity index (χ2n) is 5.99. The van der Waals surface area contributed by atoms with E-state index in [2.05, 4.69) is 0 Å². The fourth-order valence-electron chi connectivity index (χ4n) is 3.35. The predicted octanol–water partition coefficient (Wildman–Crippen LogP) is 1.93. The van der Waals surface area contributed by atoms with E-state index in [4.69, 9.17) is 0 Å². The van der Waals surface area contributed by atoms with Crippen LogP contribution in [0.15, 0.2) is 29.2 Å². The molecular weight excluding hydrogens is 288 g/mol. The van der Waals surface area contributed by atoms with Crippen LogP contribution in [0.5, 0.6) is 0 Å². The van der Waals surface area contributed by atoms with Crippen LogP contribution in [0.1, 0.15) is 31.2 Å². The number of hydrogen-bond donors (Lipinski definition) is 0. The van der Waals surface area contributed by atoms with E-state index < -0.39 is 10.0 Å². The molecule has 0 N–H and O–H groups in total. The summed E-state index contributed by atoms with van der Waals surface area (Å²) >= 11 is 0. The summed E-state index contributed by atoms with van der Waals surface area (Å²) in [4.78, 5) is 11.6. The minimum atomic E-state index is -3.80. The Morgan fingerprint density at radius 2 is 1.76 bits per heavy atom. The van der Waals surface area contributed by atoms with Gasteiger partial charge in [0.05, 0.1) is 4.90 Å². The fraction of sp³-hybridized carbons (Fsp3) is 0.533. The van der Waals surface area contributed by atoms with Crippen LogP contribution in [0, 0.1) is 12.8 Å². The number of piperidine rings is 2. The van der Waals surface area contributed by atoms with Gasteiger partial charge in [-0.1, -0.05) is 17.7 Å². The van der Waals surface area contributed by atoms with Gasteiger partial charge >= 0.3 is 0 Å². The van der Waals surface area contributed by atoms with Gasteiger partial charge < -0.3 is 0 Å². The molecule has 1 aliphatic carbocycles. The van der Waals surface area contributed by atoms with Gasteiger partial charge in [0.15, 0.2) is 0 Å². The van der Waals surface area contributed by atoms with Gasteiger partial charge in [0.2, 0.25) is 6.41 Å². The smallest absolute Gasteiger partial charge is 0.276 e. The van der Waals surface area contributed by atoms with Crippen LogP contribution in [0.2, 0.25) is 0 Å². The van der Waals surface area contributed by atoms with Crippen LogP contribution in [-0.4, -0.2) is 36.8 Å². The van der Waals surface area contributed by atoms with Crippen molar-refractivity contribution >= 4 is 16.4 Å². The molecule has 1 amide bonds. The molecule has 2 saturated heterocycles. The minimum Gasteiger partial charge on any atom is -0.276 e. The lowest BCUT2D eigenvalue weighted by atomic mass is 9.81. The maximum absolute atomic E-state index is 12.7. The van der Waals surface area contributed by atoms with E-state index in [1.807, 2.05) is 6.92 Å². The van der Waals surface area contributed by atoms with E-state index in [-0.39, 0.29) is 10.9 Å². The van der Waals surface area contributed by atoms with E-state index in [0.29, 0.717) is 18.9 Å². The van der Waals surface area contributed by atoms with Crippen LogP contribution in [-0.2, 0) is 14.8 Å². The molecule has 0 atom stereocenters. The van der Waals surface area contributed by atoms with Gasteiger partial charge in [0, 0.05) is 12.6 Å². The van der Waals surface area contributed by atoms with E-state index in [9.17, 15) is 13.2 Å². The first-order chi connectivity index (χ1) is 10.0. The third-order valence-electron chi connectivity index (χ3n) is 4.59. The summed E-state index contributed by atoms with van der Waals surface area (Å²) in [7, 11) is -3.80. The number of carbonyl (C=O) groups excluding carboxylic acids is 1. The van der Waals surface area contributed by atoms with Crippen molar-refractivity contribution in [3.05, 3.63) is 29.8 Å². The van der Waals surface area contributed by atoms with Crippen molar-refractivity contribution in [2.75, 3.05) is 6.54 Å². The molecule has 21 heavy (non-hydrogen) atoms. The molecular formula is C15H20N2O3S. The summed E-state index contributed by atoms with van der Waals surface area (Å²) in [5, 5.41) is 1.75. The number of aryl methyl sites for hydroxylation is 1. The third kappa shape index (κ3) is 2.58. The van der Waals surface area contributed by atoms with Gasteiger partial charge in [-0.2, -0.15) is 12.8 Å².